The Labute approximate surface area is 142 Å². The third-order valence-electron chi connectivity index (χ3n) is 4.35. The van der Waals surface area contributed by atoms with Crippen LogP contribution in [0.5, 0.6) is 0 Å². The van der Waals surface area contributed by atoms with Crippen LogP contribution in [-0.2, 0) is 4.79 Å². The summed E-state index contributed by atoms with van der Waals surface area (Å²) >= 11 is 0. The molecule has 130 valence electrons. The third-order valence-corrected chi connectivity index (χ3v) is 4.35. The van der Waals surface area contributed by atoms with Crippen LogP contribution < -0.4 is 0 Å². The molecule has 1 heterocycles. The Bertz CT molecular complexity index is 411. The van der Waals surface area contributed by atoms with E-state index in [9.17, 15) is 4.79 Å². The van der Waals surface area contributed by atoms with Crippen LogP contribution >= 0.6 is 0 Å². The Morgan fingerprint density at radius 3 is 2.30 bits per heavy atom. The van der Waals surface area contributed by atoms with E-state index in [-0.39, 0.29) is 5.92 Å². The second kappa shape index (κ2) is 11.2. The summed E-state index contributed by atoms with van der Waals surface area (Å²) in [5, 5.41) is 0. The van der Waals surface area contributed by atoms with Gasteiger partial charge in [0, 0.05) is 25.6 Å². The average molecular weight is 319 g/mol. The standard InChI is InChI=1S/C20H34N2O/c1-5-9-18(10-6-2)17-21-15-11-19(12-16-21)20(23)22(13-7-3)14-8-4/h5-6,9-10,19H,1,7-8,11-17H2,2-4H3/b10-6-,18-9+. The van der Waals surface area contributed by atoms with E-state index in [1.807, 2.05) is 13.0 Å². The second-order valence-electron chi connectivity index (χ2n) is 6.35. The first-order chi connectivity index (χ1) is 11.2. The Morgan fingerprint density at radius 2 is 1.83 bits per heavy atom. The molecule has 0 aromatic rings. The van der Waals surface area contributed by atoms with E-state index in [2.05, 4.69) is 48.5 Å². The summed E-state index contributed by atoms with van der Waals surface area (Å²) < 4.78 is 0. The molecule has 1 fully saturated rings. The van der Waals surface area contributed by atoms with Crippen LogP contribution in [-0.4, -0.2) is 48.4 Å². The first kappa shape index (κ1) is 19.7. The Hall–Kier alpha value is -1.35. The highest BCUT2D eigenvalue weighted by Gasteiger charge is 2.27. The topological polar surface area (TPSA) is 23.6 Å². The quantitative estimate of drug-likeness (QED) is 0.599. The lowest BCUT2D eigenvalue weighted by molar-refractivity contribution is -0.137. The van der Waals surface area contributed by atoms with Crippen LogP contribution in [0.3, 0.4) is 0 Å². The lowest BCUT2D eigenvalue weighted by Crippen LogP contribution is -2.43. The molecule has 0 N–H and O–H groups in total. The number of nitrogens with zero attached hydrogens (tertiary/aromatic N) is 2. The third kappa shape index (κ3) is 6.74. The Kier molecular flexibility index (Phi) is 9.61. The number of hydrogen-bond donors (Lipinski definition) is 0. The van der Waals surface area contributed by atoms with Crippen molar-refractivity contribution in [1.82, 2.24) is 9.80 Å². The number of allylic oxidation sites excluding steroid dienone is 3. The molecule has 1 saturated heterocycles. The minimum absolute atomic E-state index is 0.220. The molecule has 3 nitrogen and oxygen atoms in total. The number of rotatable bonds is 9. The first-order valence-electron chi connectivity index (χ1n) is 9.11. The molecule has 0 aromatic carbocycles. The molecule has 0 spiro atoms. The molecule has 0 unspecified atom stereocenters. The minimum Gasteiger partial charge on any atom is -0.342 e. The van der Waals surface area contributed by atoms with Gasteiger partial charge in [0.2, 0.25) is 5.91 Å². The van der Waals surface area contributed by atoms with Gasteiger partial charge in [0.15, 0.2) is 0 Å². The lowest BCUT2D eigenvalue weighted by atomic mass is 9.94. The zero-order chi connectivity index (χ0) is 17.1. The molecule has 0 aliphatic carbocycles. The molecule has 0 atom stereocenters. The predicted molar refractivity (Wildman–Crippen MR) is 99.4 cm³/mol. The van der Waals surface area contributed by atoms with Crippen LogP contribution in [0.2, 0.25) is 0 Å². The summed E-state index contributed by atoms with van der Waals surface area (Å²) in [4.78, 5) is 17.2. The number of carbonyl (C=O) groups excluding carboxylic acids is 1. The number of amides is 1. The van der Waals surface area contributed by atoms with Gasteiger partial charge in [0.1, 0.15) is 0 Å². The largest absolute Gasteiger partial charge is 0.342 e. The zero-order valence-electron chi connectivity index (χ0n) is 15.3. The maximum Gasteiger partial charge on any atom is 0.225 e. The molecule has 0 radical (unpaired) electrons. The Balaban J connectivity index is 2.52. The smallest absolute Gasteiger partial charge is 0.225 e. The van der Waals surface area contributed by atoms with Crippen LogP contribution in [0.4, 0.5) is 0 Å². The van der Waals surface area contributed by atoms with E-state index in [4.69, 9.17) is 0 Å². The second-order valence-corrected chi connectivity index (χ2v) is 6.35. The molecular weight excluding hydrogens is 284 g/mol. The number of hydrogen-bond acceptors (Lipinski definition) is 2. The molecule has 3 heteroatoms. The maximum atomic E-state index is 12.7. The van der Waals surface area contributed by atoms with Gasteiger partial charge in [-0.1, -0.05) is 44.7 Å². The summed E-state index contributed by atoms with van der Waals surface area (Å²) in [6, 6.07) is 0. The van der Waals surface area contributed by atoms with Crippen molar-refractivity contribution >= 4 is 5.91 Å². The summed E-state index contributed by atoms with van der Waals surface area (Å²) in [5.74, 6) is 0.599. The molecular formula is C20H34N2O. The molecule has 0 aromatic heterocycles. The molecule has 23 heavy (non-hydrogen) atoms. The van der Waals surface area contributed by atoms with Crippen molar-refractivity contribution < 1.29 is 4.79 Å². The summed E-state index contributed by atoms with van der Waals surface area (Å²) in [7, 11) is 0. The fraction of sp³-hybridized carbons (Fsp3) is 0.650. The van der Waals surface area contributed by atoms with Gasteiger partial charge < -0.3 is 4.90 Å². The van der Waals surface area contributed by atoms with Gasteiger partial charge in [-0.15, -0.1) is 0 Å². The summed E-state index contributed by atoms with van der Waals surface area (Å²) in [6.07, 6.45) is 12.2. The van der Waals surface area contributed by atoms with Crippen LogP contribution in [0.15, 0.2) is 36.5 Å². The molecule has 0 saturated carbocycles. The van der Waals surface area contributed by atoms with Gasteiger partial charge in [-0.2, -0.15) is 0 Å². The zero-order valence-corrected chi connectivity index (χ0v) is 15.3. The average Bonchev–Trinajstić information content (AvgIpc) is 2.55. The van der Waals surface area contributed by atoms with E-state index in [1.165, 1.54) is 5.57 Å². The number of likely N-dealkylation sites (tertiary alicyclic amines) is 1. The van der Waals surface area contributed by atoms with Gasteiger partial charge in [0.05, 0.1) is 0 Å². The minimum atomic E-state index is 0.220. The fourth-order valence-corrected chi connectivity index (χ4v) is 3.25. The van der Waals surface area contributed by atoms with Crippen molar-refractivity contribution in [3.63, 3.8) is 0 Å². The van der Waals surface area contributed by atoms with Crippen LogP contribution in [0.25, 0.3) is 0 Å². The SMILES string of the molecule is C=C/C=C(\C=C/C)CN1CCC(C(=O)N(CCC)CCC)CC1. The van der Waals surface area contributed by atoms with Crippen molar-refractivity contribution in [1.29, 1.82) is 0 Å². The maximum absolute atomic E-state index is 12.7. The highest BCUT2D eigenvalue weighted by atomic mass is 16.2. The van der Waals surface area contributed by atoms with E-state index in [1.54, 1.807) is 0 Å². The Morgan fingerprint density at radius 1 is 1.22 bits per heavy atom. The molecule has 1 aliphatic heterocycles. The van der Waals surface area contributed by atoms with Gasteiger partial charge in [0.25, 0.3) is 0 Å². The summed E-state index contributed by atoms with van der Waals surface area (Å²) in [6.45, 7) is 14.9. The molecule has 1 amide bonds. The molecule has 0 bridgehead atoms. The van der Waals surface area contributed by atoms with Crippen LogP contribution in [0, 0.1) is 5.92 Å². The van der Waals surface area contributed by atoms with Crippen molar-refractivity contribution in [2.45, 2.75) is 46.5 Å². The fourth-order valence-electron chi connectivity index (χ4n) is 3.25. The number of carbonyl (C=O) groups is 1. The molecule has 1 rings (SSSR count). The van der Waals surface area contributed by atoms with Gasteiger partial charge in [-0.05, 0) is 51.3 Å². The van der Waals surface area contributed by atoms with Gasteiger partial charge >= 0.3 is 0 Å². The lowest BCUT2D eigenvalue weighted by Gasteiger charge is -2.34. The van der Waals surface area contributed by atoms with Gasteiger partial charge in [-0.25, -0.2) is 0 Å². The normalized spacial score (nSPS) is 17.6. The first-order valence-corrected chi connectivity index (χ1v) is 9.11. The van der Waals surface area contributed by atoms with Crippen molar-refractivity contribution in [2.24, 2.45) is 5.92 Å². The summed E-state index contributed by atoms with van der Waals surface area (Å²) in [5.41, 5.74) is 1.28. The highest BCUT2D eigenvalue weighted by molar-refractivity contribution is 5.79. The van der Waals surface area contributed by atoms with E-state index in [0.29, 0.717) is 5.91 Å². The van der Waals surface area contributed by atoms with E-state index < -0.39 is 0 Å². The number of piperidine rings is 1. The van der Waals surface area contributed by atoms with Crippen molar-refractivity contribution in [3.05, 3.63) is 36.5 Å². The van der Waals surface area contributed by atoms with Crippen molar-refractivity contribution in [3.8, 4) is 0 Å². The monoisotopic (exact) mass is 318 g/mol. The highest BCUT2D eigenvalue weighted by Crippen LogP contribution is 2.21. The van der Waals surface area contributed by atoms with E-state index in [0.717, 1.165) is 58.4 Å². The van der Waals surface area contributed by atoms with Gasteiger partial charge in [-0.3, -0.25) is 9.69 Å². The van der Waals surface area contributed by atoms with Crippen molar-refractivity contribution in [2.75, 3.05) is 32.7 Å². The molecule has 1 aliphatic rings. The predicted octanol–water partition coefficient (Wildman–Crippen LogP) is 4.04. The van der Waals surface area contributed by atoms with Crippen LogP contribution in [0.1, 0.15) is 46.5 Å². The van der Waals surface area contributed by atoms with E-state index >= 15 is 0 Å².